The summed E-state index contributed by atoms with van der Waals surface area (Å²) < 4.78 is 0. The number of carbonyl (C=O) groups is 1. The number of aryl methyl sites for hydroxylation is 1. The number of carbonyl (C=O) groups excluding carboxylic acids is 1. The smallest absolute Gasteiger partial charge is 0.255 e. The second kappa shape index (κ2) is 8.35. The Morgan fingerprint density at radius 1 is 0.794 bits per heavy atom. The summed E-state index contributed by atoms with van der Waals surface area (Å²) in [6.45, 7) is 2.77. The summed E-state index contributed by atoms with van der Waals surface area (Å²) in [6.07, 6.45) is 0.819. The van der Waals surface area contributed by atoms with E-state index in [0.29, 0.717) is 6.54 Å². The Balaban J connectivity index is 1.53. The van der Waals surface area contributed by atoms with Gasteiger partial charge in [0.2, 0.25) is 0 Å². The first kappa shape index (κ1) is 20.5. The standard InChI is InChI=1S/C31H26N2O/c1-21-15-17-23(18-16-21)29-28(26-13-7-8-14-27(26)32-29)30-24-11-5-6-12-25(24)31(34)33(30)20-19-22-9-3-2-4-10-22/h2-18,30,32H,19-20H2,1H3/t30-/m1/s1. The third kappa shape index (κ3) is 3.41. The van der Waals surface area contributed by atoms with Crippen LogP contribution in [0.2, 0.25) is 0 Å². The van der Waals surface area contributed by atoms with Gasteiger partial charge in [0.1, 0.15) is 0 Å². The van der Waals surface area contributed by atoms with Crippen molar-refractivity contribution < 1.29 is 4.79 Å². The van der Waals surface area contributed by atoms with E-state index >= 15 is 0 Å². The van der Waals surface area contributed by atoms with Crippen LogP contribution in [-0.4, -0.2) is 22.3 Å². The number of hydrogen-bond acceptors (Lipinski definition) is 1. The summed E-state index contributed by atoms with van der Waals surface area (Å²) >= 11 is 0. The summed E-state index contributed by atoms with van der Waals surface area (Å²) in [5.74, 6) is 0.108. The zero-order valence-corrected chi connectivity index (χ0v) is 19.2. The number of benzene rings is 4. The van der Waals surface area contributed by atoms with Crippen molar-refractivity contribution in [3.05, 3.63) is 131 Å². The van der Waals surface area contributed by atoms with Gasteiger partial charge in [-0.25, -0.2) is 0 Å². The normalized spacial score (nSPS) is 15.1. The molecule has 4 aromatic carbocycles. The average Bonchev–Trinajstić information content (AvgIpc) is 3.39. The van der Waals surface area contributed by atoms with Crippen LogP contribution in [0.5, 0.6) is 0 Å². The Hall–Kier alpha value is -4.11. The molecule has 0 bridgehead atoms. The molecule has 2 heterocycles. The number of nitrogens with one attached hydrogen (secondary N) is 1. The number of hydrogen-bond donors (Lipinski definition) is 1. The van der Waals surface area contributed by atoms with Gasteiger partial charge in [-0.3, -0.25) is 4.79 Å². The Morgan fingerprint density at radius 3 is 2.32 bits per heavy atom. The Bertz CT molecular complexity index is 1480. The van der Waals surface area contributed by atoms with E-state index in [2.05, 4.69) is 95.7 Å². The number of fused-ring (bicyclic) bond motifs is 2. The molecule has 1 N–H and O–H groups in total. The molecule has 1 amide bonds. The molecule has 0 aliphatic carbocycles. The maximum absolute atomic E-state index is 13.7. The van der Waals surface area contributed by atoms with Gasteiger partial charge in [0.15, 0.2) is 0 Å². The van der Waals surface area contributed by atoms with E-state index in [1.807, 2.05) is 24.3 Å². The predicted molar refractivity (Wildman–Crippen MR) is 138 cm³/mol. The van der Waals surface area contributed by atoms with E-state index in [0.717, 1.165) is 39.7 Å². The Labute approximate surface area is 199 Å². The molecule has 0 saturated heterocycles. The lowest BCUT2D eigenvalue weighted by Crippen LogP contribution is -2.31. The van der Waals surface area contributed by atoms with Gasteiger partial charge in [-0.2, -0.15) is 0 Å². The number of H-pyrrole nitrogens is 1. The van der Waals surface area contributed by atoms with Crippen LogP contribution in [0.15, 0.2) is 103 Å². The van der Waals surface area contributed by atoms with E-state index in [1.165, 1.54) is 16.7 Å². The first-order valence-corrected chi connectivity index (χ1v) is 11.8. The number of nitrogens with zero attached hydrogens (tertiary/aromatic N) is 1. The number of rotatable bonds is 5. The molecule has 1 aliphatic rings. The van der Waals surface area contributed by atoms with Crippen molar-refractivity contribution in [2.75, 3.05) is 6.54 Å². The number of amides is 1. The van der Waals surface area contributed by atoms with Crippen LogP contribution >= 0.6 is 0 Å². The van der Waals surface area contributed by atoms with Crippen molar-refractivity contribution >= 4 is 16.8 Å². The molecule has 0 radical (unpaired) electrons. The van der Waals surface area contributed by atoms with Gasteiger partial charge in [-0.1, -0.05) is 96.6 Å². The highest BCUT2D eigenvalue weighted by Gasteiger charge is 2.39. The van der Waals surface area contributed by atoms with Crippen molar-refractivity contribution in [3.63, 3.8) is 0 Å². The monoisotopic (exact) mass is 442 g/mol. The molecule has 0 fully saturated rings. The number of para-hydroxylation sites is 1. The van der Waals surface area contributed by atoms with Crippen LogP contribution < -0.4 is 0 Å². The van der Waals surface area contributed by atoms with E-state index in [4.69, 9.17) is 0 Å². The first-order chi connectivity index (χ1) is 16.7. The van der Waals surface area contributed by atoms with Crippen molar-refractivity contribution in [3.8, 4) is 11.3 Å². The van der Waals surface area contributed by atoms with Crippen LogP contribution in [0.25, 0.3) is 22.2 Å². The van der Waals surface area contributed by atoms with Gasteiger partial charge in [0.05, 0.1) is 11.7 Å². The molecule has 6 rings (SSSR count). The third-order valence-corrected chi connectivity index (χ3v) is 6.90. The second-order valence-corrected chi connectivity index (χ2v) is 9.05. The van der Waals surface area contributed by atoms with E-state index in [9.17, 15) is 4.79 Å². The van der Waals surface area contributed by atoms with E-state index in [-0.39, 0.29) is 11.9 Å². The summed E-state index contributed by atoms with van der Waals surface area (Å²) in [5, 5.41) is 1.16. The van der Waals surface area contributed by atoms with Crippen LogP contribution in [-0.2, 0) is 6.42 Å². The minimum absolute atomic E-state index is 0.108. The quantitative estimate of drug-likeness (QED) is 0.315. The molecule has 166 valence electrons. The van der Waals surface area contributed by atoms with Gasteiger partial charge in [-0.15, -0.1) is 0 Å². The lowest BCUT2D eigenvalue weighted by Gasteiger charge is -2.27. The Kier molecular flexibility index (Phi) is 5.03. The maximum Gasteiger partial charge on any atom is 0.255 e. The zero-order valence-electron chi connectivity index (χ0n) is 19.2. The van der Waals surface area contributed by atoms with Crippen molar-refractivity contribution in [1.82, 2.24) is 9.88 Å². The van der Waals surface area contributed by atoms with Gasteiger partial charge >= 0.3 is 0 Å². The van der Waals surface area contributed by atoms with Crippen LogP contribution in [0.4, 0.5) is 0 Å². The lowest BCUT2D eigenvalue weighted by molar-refractivity contribution is 0.0753. The molecule has 34 heavy (non-hydrogen) atoms. The fourth-order valence-electron chi connectivity index (χ4n) is 5.20. The van der Waals surface area contributed by atoms with E-state index in [1.54, 1.807) is 0 Å². The van der Waals surface area contributed by atoms with Gasteiger partial charge in [-0.05, 0) is 42.2 Å². The summed E-state index contributed by atoms with van der Waals surface area (Å²) in [7, 11) is 0. The minimum Gasteiger partial charge on any atom is -0.354 e. The highest BCUT2D eigenvalue weighted by Crippen LogP contribution is 2.45. The predicted octanol–water partition coefficient (Wildman–Crippen LogP) is 6.93. The van der Waals surface area contributed by atoms with Gasteiger partial charge in [0, 0.05) is 28.6 Å². The first-order valence-electron chi connectivity index (χ1n) is 11.8. The topological polar surface area (TPSA) is 36.1 Å². The van der Waals surface area contributed by atoms with Gasteiger partial charge < -0.3 is 9.88 Å². The second-order valence-electron chi connectivity index (χ2n) is 9.05. The molecule has 5 aromatic rings. The molecule has 0 spiro atoms. The molecule has 0 saturated carbocycles. The SMILES string of the molecule is Cc1ccc(-c2[nH]c3ccccc3c2[C@H]2c3ccccc3C(=O)N2CCc2ccccc2)cc1. The van der Waals surface area contributed by atoms with Crippen molar-refractivity contribution in [1.29, 1.82) is 0 Å². The number of aromatic amines is 1. The van der Waals surface area contributed by atoms with Crippen LogP contribution in [0, 0.1) is 6.92 Å². The fourth-order valence-corrected chi connectivity index (χ4v) is 5.20. The number of aromatic nitrogens is 1. The van der Waals surface area contributed by atoms with E-state index < -0.39 is 0 Å². The molecule has 1 aromatic heterocycles. The molecule has 3 nitrogen and oxygen atoms in total. The molecule has 0 unspecified atom stereocenters. The highest BCUT2D eigenvalue weighted by molar-refractivity contribution is 6.02. The molecule has 3 heteroatoms. The van der Waals surface area contributed by atoms with Crippen LogP contribution in [0.3, 0.4) is 0 Å². The minimum atomic E-state index is -0.139. The van der Waals surface area contributed by atoms with Crippen LogP contribution in [0.1, 0.15) is 38.7 Å². The fraction of sp³-hybridized carbons (Fsp3) is 0.129. The molecule has 1 atom stereocenters. The van der Waals surface area contributed by atoms with Crippen molar-refractivity contribution in [2.24, 2.45) is 0 Å². The van der Waals surface area contributed by atoms with Crippen molar-refractivity contribution in [2.45, 2.75) is 19.4 Å². The lowest BCUT2D eigenvalue weighted by atomic mass is 9.93. The summed E-state index contributed by atoms with van der Waals surface area (Å²) in [5.41, 5.74) is 8.84. The molecule has 1 aliphatic heterocycles. The third-order valence-electron chi connectivity index (χ3n) is 6.90. The maximum atomic E-state index is 13.7. The summed E-state index contributed by atoms with van der Waals surface area (Å²) in [4.78, 5) is 19.4. The van der Waals surface area contributed by atoms with Gasteiger partial charge in [0.25, 0.3) is 5.91 Å². The molecular weight excluding hydrogens is 416 g/mol. The largest absolute Gasteiger partial charge is 0.354 e. The Morgan fingerprint density at radius 2 is 1.50 bits per heavy atom. The molecular formula is C31H26N2O. The highest BCUT2D eigenvalue weighted by atomic mass is 16.2. The zero-order chi connectivity index (χ0) is 23.1. The summed E-state index contributed by atoms with van der Waals surface area (Å²) in [6, 6.07) is 35.4. The average molecular weight is 443 g/mol.